The summed E-state index contributed by atoms with van der Waals surface area (Å²) in [6.07, 6.45) is 6.25. The van der Waals surface area contributed by atoms with Crippen molar-refractivity contribution in [3.63, 3.8) is 0 Å². The van der Waals surface area contributed by atoms with Crippen molar-refractivity contribution in [2.75, 3.05) is 18.0 Å². The van der Waals surface area contributed by atoms with Gasteiger partial charge in [-0.1, -0.05) is 6.07 Å². The van der Waals surface area contributed by atoms with Crippen LogP contribution in [0.1, 0.15) is 29.8 Å². The van der Waals surface area contributed by atoms with Crippen molar-refractivity contribution in [2.45, 2.75) is 19.3 Å². The molecule has 1 fully saturated rings. The van der Waals surface area contributed by atoms with E-state index in [-0.39, 0.29) is 0 Å². The topological polar surface area (TPSA) is 37.6 Å². The Morgan fingerprint density at radius 3 is 2.76 bits per heavy atom. The van der Waals surface area contributed by atoms with Crippen LogP contribution in [0.15, 0.2) is 24.4 Å². The van der Waals surface area contributed by atoms with Gasteiger partial charge >= 0.3 is 0 Å². The molecule has 0 atom stereocenters. The minimum absolute atomic E-state index is 0.626. The summed E-state index contributed by atoms with van der Waals surface area (Å²) in [5.41, 5.74) is 1.47. The Morgan fingerprint density at radius 1 is 1.18 bits per heavy atom. The minimum atomic E-state index is 0.626. The normalized spacial score (nSPS) is 16.4. The van der Waals surface area contributed by atoms with E-state index in [9.17, 15) is 4.79 Å². The molecule has 3 heterocycles. The number of aromatic nitrogens is 2. The first-order valence-electron chi connectivity index (χ1n) is 6.07. The fourth-order valence-corrected chi connectivity index (χ4v) is 2.49. The van der Waals surface area contributed by atoms with Gasteiger partial charge in [-0.2, -0.15) is 0 Å². The molecule has 4 heteroatoms. The molecular weight excluding hydrogens is 214 g/mol. The minimum Gasteiger partial charge on any atom is -0.358 e. The van der Waals surface area contributed by atoms with Gasteiger partial charge in [-0.3, -0.25) is 9.20 Å². The standard InChI is InChI=1S/C13H15N3O/c17-10-11-9-14-12-5-4-6-13(16(11)12)15-7-2-1-3-8-15/h4-6,9-10H,1-3,7-8H2. The lowest BCUT2D eigenvalue weighted by Gasteiger charge is -2.29. The Bertz CT molecular complexity index is 541. The summed E-state index contributed by atoms with van der Waals surface area (Å²) in [6.45, 7) is 2.13. The monoisotopic (exact) mass is 229 g/mol. The maximum atomic E-state index is 11.0. The van der Waals surface area contributed by atoms with Crippen LogP contribution in [-0.2, 0) is 0 Å². The molecule has 0 spiro atoms. The van der Waals surface area contributed by atoms with Gasteiger partial charge in [-0.15, -0.1) is 0 Å². The molecule has 0 amide bonds. The number of anilines is 1. The Labute approximate surface area is 99.9 Å². The van der Waals surface area contributed by atoms with E-state index in [1.165, 1.54) is 19.3 Å². The zero-order valence-electron chi connectivity index (χ0n) is 9.67. The molecular formula is C13H15N3O. The Morgan fingerprint density at radius 2 is 2.00 bits per heavy atom. The number of aldehydes is 1. The third-order valence-corrected chi connectivity index (χ3v) is 3.34. The number of carbonyl (C=O) groups excluding carboxylic acids is 1. The summed E-state index contributed by atoms with van der Waals surface area (Å²) in [6, 6.07) is 5.99. The van der Waals surface area contributed by atoms with Gasteiger partial charge in [0.15, 0.2) is 6.29 Å². The van der Waals surface area contributed by atoms with Gasteiger partial charge in [0.25, 0.3) is 0 Å². The van der Waals surface area contributed by atoms with E-state index < -0.39 is 0 Å². The van der Waals surface area contributed by atoms with E-state index in [0.29, 0.717) is 5.69 Å². The Kier molecular flexibility index (Phi) is 2.55. The van der Waals surface area contributed by atoms with Crippen molar-refractivity contribution < 1.29 is 4.79 Å². The van der Waals surface area contributed by atoms with Crippen molar-refractivity contribution in [1.82, 2.24) is 9.38 Å². The van der Waals surface area contributed by atoms with E-state index in [0.717, 1.165) is 30.8 Å². The fourth-order valence-electron chi connectivity index (χ4n) is 2.49. The lowest BCUT2D eigenvalue weighted by molar-refractivity contribution is 0.111. The molecule has 0 aliphatic carbocycles. The second-order valence-electron chi connectivity index (χ2n) is 4.43. The van der Waals surface area contributed by atoms with Crippen molar-refractivity contribution in [3.05, 3.63) is 30.1 Å². The van der Waals surface area contributed by atoms with Gasteiger partial charge in [-0.25, -0.2) is 4.98 Å². The number of nitrogens with zero attached hydrogens (tertiary/aromatic N) is 3. The number of fused-ring (bicyclic) bond motifs is 1. The quantitative estimate of drug-likeness (QED) is 0.740. The number of pyridine rings is 1. The lowest BCUT2D eigenvalue weighted by atomic mass is 10.1. The molecule has 4 nitrogen and oxygen atoms in total. The number of hydrogen-bond acceptors (Lipinski definition) is 3. The first kappa shape index (κ1) is 10.3. The Hall–Kier alpha value is -1.84. The third-order valence-electron chi connectivity index (χ3n) is 3.34. The van der Waals surface area contributed by atoms with Crippen LogP contribution in [0.2, 0.25) is 0 Å². The molecule has 0 radical (unpaired) electrons. The molecule has 0 bridgehead atoms. The highest BCUT2D eigenvalue weighted by Crippen LogP contribution is 2.22. The van der Waals surface area contributed by atoms with Crippen LogP contribution in [0.3, 0.4) is 0 Å². The van der Waals surface area contributed by atoms with Crippen molar-refractivity contribution in [2.24, 2.45) is 0 Å². The summed E-state index contributed by atoms with van der Waals surface area (Å²) in [5, 5.41) is 0. The highest BCUT2D eigenvalue weighted by molar-refractivity contribution is 5.75. The Balaban J connectivity index is 2.13. The van der Waals surface area contributed by atoms with Gasteiger partial charge < -0.3 is 4.90 Å². The van der Waals surface area contributed by atoms with E-state index >= 15 is 0 Å². The average molecular weight is 229 g/mol. The SMILES string of the molecule is O=Cc1cnc2cccc(N3CCCCC3)n12. The molecule has 0 aromatic carbocycles. The predicted molar refractivity (Wildman–Crippen MR) is 66.6 cm³/mol. The zero-order valence-corrected chi connectivity index (χ0v) is 9.67. The molecule has 0 N–H and O–H groups in total. The van der Waals surface area contributed by atoms with Gasteiger partial charge in [0.2, 0.25) is 0 Å². The number of hydrogen-bond donors (Lipinski definition) is 0. The highest BCUT2D eigenvalue weighted by atomic mass is 16.1. The van der Waals surface area contributed by atoms with Crippen LogP contribution in [0, 0.1) is 0 Å². The van der Waals surface area contributed by atoms with Gasteiger partial charge in [0.05, 0.1) is 6.20 Å². The number of imidazole rings is 1. The van der Waals surface area contributed by atoms with E-state index in [1.807, 2.05) is 16.5 Å². The van der Waals surface area contributed by atoms with Crippen molar-refractivity contribution in [3.8, 4) is 0 Å². The molecule has 3 rings (SSSR count). The molecule has 17 heavy (non-hydrogen) atoms. The first-order valence-corrected chi connectivity index (χ1v) is 6.07. The van der Waals surface area contributed by atoms with Gasteiger partial charge in [0, 0.05) is 13.1 Å². The summed E-state index contributed by atoms with van der Waals surface area (Å²) >= 11 is 0. The van der Waals surface area contributed by atoms with Gasteiger partial charge in [0.1, 0.15) is 17.2 Å². The molecule has 88 valence electrons. The number of carbonyl (C=O) groups is 1. The van der Waals surface area contributed by atoms with Crippen LogP contribution in [-0.4, -0.2) is 28.8 Å². The lowest BCUT2D eigenvalue weighted by Crippen LogP contribution is -2.31. The van der Waals surface area contributed by atoms with Crippen LogP contribution < -0.4 is 4.90 Å². The average Bonchev–Trinajstić information content (AvgIpc) is 2.82. The fraction of sp³-hybridized carbons (Fsp3) is 0.385. The molecule has 2 aromatic heterocycles. The largest absolute Gasteiger partial charge is 0.358 e. The zero-order chi connectivity index (χ0) is 11.7. The molecule has 1 saturated heterocycles. The van der Waals surface area contributed by atoms with E-state index in [1.54, 1.807) is 6.20 Å². The molecule has 1 aliphatic rings. The summed E-state index contributed by atoms with van der Waals surface area (Å²) < 4.78 is 1.94. The third kappa shape index (κ3) is 1.69. The summed E-state index contributed by atoms with van der Waals surface area (Å²) in [5.74, 6) is 1.09. The molecule has 1 aliphatic heterocycles. The second-order valence-corrected chi connectivity index (χ2v) is 4.43. The first-order chi connectivity index (χ1) is 8.40. The number of piperidine rings is 1. The maximum absolute atomic E-state index is 11.0. The van der Waals surface area contributed by atoms with Gasteiger partial charge in [-0.05, 0) is 31.4 Å². The van der Waals surface area contributed by atoms with E-state index in [4.69, 9.17) is 0 Å². The van der Waals surface area contributed by atoms with Crippen LogP contribution in [0.5, 0.6) is 0 Å². The van der Waals surface area contributed by atoms with Crippen molar-refractivity contribution in [1.29, 1.82) is 0 Å². The second kappa shape index (κ2) is 4.20. The van der Waals surface area contributed by atoms with E-state index in [2.05, 4.69) is 16.0 Å². The van der Waals surface area contributed by atoms with Crippen LogP contribution in [0.25, 0.3) is 5.65 Å². The van der Waals surface area contributed by atoms with Crippen LogP contribution in [0.4, 0.5) is 5.82 Å². The highest BCUT2D eigenvalue weighted by Gasteiger charge is 2.15. The van der Waals surface area contributed by atoms with Crippen molar-refractivity contribution >= 4 is 17.8 Å². The summed E-state index contributed by atoms with van der Waals surface area (Å²) in [7, 11) is 0. The molecule has 0 saturated carbocycles. The maximum Gasteiger partial charge on any atom is 0.168 e. The molecule has 2 aromatic rings. The number of rotatable bonds is 2. The molecule has 0 unspecified atom stereocenters. The smallest absolute Gasteiger partial charge is 0.168 e. The van der Waals surface area contributed by atoms with Crippen LogP contribution >= 0.6 is 0 Å². The summed E-state index contributed by atoms with van der Waals surface area (Å²) in [4.78, 5) is 17.6. The predicted octanol–water partition coefficient (Wildman–Crippen LogP) is 2.14.